The highest BCUT2D eigenvalue weighted by Crippen LogP contribution is 2.24. The molecule has 0 bridgehead atoms. The second kappa shape index (κ2) is 6.09. The number of benzene rings is 2. The van der Waals surface area contributed by atoms with Gasteiger partial charge in [-0.3, -0.25) is 4.79 Å². The number of carboxylic acid groups (broad SMARTS) is 1. The number of amides is 1. The molecule has 1 atom stereocenters. The summed E-state index contributed by atoms with van der Waals surface area (Å²) in [5.74, 6) is -4.95. The molecule has 0 fully saturated rings. The van der Waals surface area contributed by atoms with E-state index >= 15 is 0 Å². The minimum absolute atomic E-state index is 0.171. The molecule has 7 heteroatoms. The molecule has 110 valence electrons. The molecule has 0 heterocycles. The summed E-state index contributed by atoms with van der Waals surface area (Å²) in [6, 6.07) is 5.88. The highest BCUT2D eigenvalue weighted by atomic mass is 32.1. The van der Waals surface area contributed by atoms with Crippen LogP contribution in [0.15, 0.2) is 30.3 Å². The van der Waals surface area contributed by atoms with Gasteiger partial charge < -0.3 is 10.4 Å². The van der Waals surface area contributed by atoms with Crippen molar-refractivity contribution in [1.82, 2.24) is 5.32 Å². The highest BCUT2D eigenvalue weighted by Gasteiger charge is 2.24. The maximum absolute atomic E-state index is 13.9. The van der Waals surface area contributed by atoms with Gasteiger partial charge in [-0.25, -0.2) is 13.6 Å². The van der Waals surface area contributed by atoms with E-state index in [1.165, 1.54) is 12.1 Å². The molecule has 0 aliphatic rings. The molecule has 0 aromatic heterocycles. The molecule has 0 aliphatic carbocycles. The van der Waals surface area contributed by atoms with E-state index in [1.807, 2.05) is 0 Å². The third-order valence-electron chi connectivity index (χ3n) is 2.95. The fourth-order valence-electron chi connectivity index (χ4n) is 1.93. The SMILES string of the molecule is O=C(N[C@@H](CS)C(=O)O)c1c(F)c(F)cc2ccccc12. The third-order valence-corrected chi connectivity index (χ3v) is 3.32. The molecule has 2 N–H and O–H groups in total. The lowest BCUT2D eigenvalue weighted by molar-refractivity contribution is -0.138. The van der Waals surface area contributed by atoms with Crippen molar-refractivity contribution in [3.05, 3.63) is 47.5 Å². The zero-order valence-corrected chi connectivity index (χ0v) is 11.5. The standard InChI is InChI=1S/C14H11F2NO3S/c15-9-5-7-3-1-2-4-8(7)11(12(9)16)13(18)17-10(6-21)14(19)20/h1-5,10,21H,6H2,(H,17,18)(H,19,20)/t10-/m0/s1. The van der Waals surface area contributed by atoms with Gasteiger partial charge in [0.05, 0.1) is 5.56 Å². The molecule has 2 rings (SSSR count). The summed E-state index contributed by atoms with van der Waals surface area (Å²) >= 11 is 3.80. The van der Waals surface area contributed by atoms with E-state index in [1.54, 1.807) is 12.1 Å². The van der Waals surface area contributed by atoms with Gasteiger partial charge in [-0.1, -0.05) is 24.3 Å². The van der Waals surface area contributed by atoms with Crippen LogP contribution in [0.5, 0.6) is 0 Å². The zero-order valence-electron chi connectivity index (χ0n) is 10.6. The summed E-state index contributed by atoms with van der Waals surface area (Å²) < 4.78 is 27.5. The van der Waals surface area contributed by atoms with Crippen molar-refractivity contribution in [2.45, 2.75) is 6.04 Å². The van der Waals surface area contributed by atoms with Gasteiger partial charge in [-0.2, -0.15) is 12.6 Å². The van der Waals surface area contributed by atoms with Gasteiger partial charge in [-0.15, -0.1) is 0 Å². The van der Waals surface area contributed by atoms with Gasteiger partial charge in [0.1, 0.15) is 6.04 Å². The molecule has 2 aromatic carbocycles. The van der Waals surface area contributed by atoms with Crippen LogP contribution in [0.4, 0.5) is 8.78 Å². The number of halogens is 2. The van der Waals surface area contributed by atoms with Crippen LogP contribution in [0.1, 0.15) is 10.4 Å². The minimum Gasteiger partial charge on any atom is -0.480 e. The molecule has 0 saturated heterocycles. The largest absolute Gasteiger partial charge is 0.480 e. The molecule has 0 aliphatic heterocycles. The van der Waals surface area contributed by atoms with Crippen LogP contribution < -0.4 is 5.32 Å². The summed E-state index contributed by atoms with van der Waals surface area (Å²) in [5, 5.41) is 11.5. The summed E-state index contributed by atoms with van der Waals surface area (Å²) in [5.41, 5.74) is -0.515. The number of carboxylic acids is 1. The van der Waals surface area contributed by atoms with Crippen molar-refractivity contribution in [2.75, 3.05) is 5.75 Å². The molecule has 2 aromatic rings. The average Bonchev–Trinajstić information content (AvgIpc) is 2.45. The Hall–Kier alpha value is -2.15. The van der Waals surface area contributed by atoms with Gasteiger partial charge in [0.25, 0.3) is 5.91 Å². The smallest absolute Gasteiger partial charge is 0.327 e. The number of fused-ring (bicyclic) bond motifs is 1. The second-order valence-electron chi connectivity index (χ2n) is 4.32. The first kappa shape index (κ1) is 15.2. The van der Waals surface area contributed by atoms with Gasteiger partial charge >= 0.3 is 5.97 Å². The number of carbonyl (C=O) groups is 2. The van der Waals surface area contributed by atoms with Crippen LogP contribution in [-0.4, -0.2) is 28.8 Å². The van der Waals surface area contributed by atoms with Gasteiger partial charge in [0, 0.05) is 5.75 Å². The number of aliphatic carboxylic acids is 1. The first-order valence-electron chi connectivity index (χ1n) is 5.97. The van der Waals surface area contributed by atoms with Crippen LogP contribution in [0.3, 0.4) is 0 Å². The third kappa shape index (κ3) is 2.97. The van der Waals surface area contributed by atoms with E-state index in [2.05, 4.69) is 17.9 Å². The van der Waals surface area contributed by atoms with Gasteiger partial charge in [0.2, 0.25) is 0 Å². The Balaban J connectivity index is 2.52. The predicted octanol–water partition coefficient (Wildman–Crippen LogP) is 2.23. The molecular formula is C14H11F2NO3S. The lowest BCUT2D eigenvalue weighted by Gasteiger charge is -2.14. The fraction of sp³-hybridized carbons (Fsp3) is 0.143. The van der Waals surface area contributed by atoms with Crippen LogP contribution in [0, 0.1) is 11.6 Å². The molecule has 0 radical (unpaired) electrons. The topological polar surface area (TPSA) is 66.4 Å². The molecule has 0 saturated carbocycles. The number of carbonyl (C=O) groups excluding carboxylic acids is 1. The quantitative estimate of drug-likeness (QED) is 0.759. The van der Waals surface area contributed by atoms with E-state index in [0.29, 0.717) is 5.39 Å². The van der Waals surface area contributed by atoms with E-state index in [-0.39, 0.29) is 11.1 Å². The maximum Gasteiger partial charge on any atom is 0.327 e. The normalized spacial score (nSPS) is 12.1. The lowest BCUT2D eigenvalue weighted by atomic mass is 10.0. The molecular weight excluding hydrogens is 300 g/mol. The summed E-state index contributed by atoms with van der Waals surface area (Å²) in [6.07, 6.45) is 0. The van der Waals surface area contributed by atoms with Gasteiger partial charge in [0.15, 0.2) is 11.6 Å². The predicted molar refractivity (Wildman–Crippen MR) is 76.6 cm³/mol. The second-order valence-corrected chi connectivity index (χ2v) is 4.68. The summed E-state index contributed by atoms with van der Waals surface area (Å²) in [4.78, 5) is 23.0. The maximum atomic E-state index is 13.9. The Morgan fingerprint density at radius 3 is 2.57 bits per heavy atom. The lowest BCUT2D eigenvalue weighted by Crippen LogP contribution is -2.42. The van der Waals surface area contributed by atoms with Gasteiger partial charge in [-0.05, 0) is 16.8 Å². The van der Waals surface area contributed by atoms with Crippen LogP contribution in [0.2, 0.25) is 0 Å². The first-order valence-corrected chi connectivity index (χ1v) is 6.60. The Bertz CT molecular complexity index is 721. The zero-order chi connectivity index (χ0) is 15.6. The van der Waals surface area contributed by atoms with Crippen molar-refractivity contribution >= 4 is 35.3 Å². The Labute approximate surface area is 124 Å². The van der Waals surface area contributed by atoms with Crippen LogP contribution in [-0.2, 0) is 4.79 Å². The van der Waals surface area contributed by atoms with Crippen molar-refractivity contribution in [3.63, 3.8) is 0 Å². The molecule has 0 spiro atoms. The Morgan fingerprint density at radius 1 is 1.29 bits per heavy atom. The molecule has 1 amide bonds. The summed E-state index contributed by atoms with van der Waals surface area (Å²) in [7, 11) is 0. The van der Waals surface area contributed by atoms with Crippen molar-refractivity contribution in [2.24, 2.45) is 0 Å². The number of thiol groups is 1. The monoisotopic (exact) mass is 311 g/mol. The van der Waals surface area contributed by atoms with E-state index in [4.69, 9.17) is 5.11 Å². The summed E-state index contributed by atoms with van der Waals surface area (Å²) in [6.45, 7) is 0. The average molecular weight is 311 g/mol. The Morgan fingerprint density at radius 2 is 1.95 bits per heavy atom. The van der Waals surface area contributed by atoms with Crippen molar-refractivity contribution in [3.8, 4) is 0 Å². The first-order chi connectivity index (χ1) is 9.95. The minimum atomic E-state index is -1.31. The van der Waals surface area contributed by atoms with Crippen molar-refractivity contribution < 1.29 is 23.5 Å². The van der Waals surface area contributed by atoms with E-state index in [0.717, 1.165) is 6.07 Å². The fourth-order valence-corrected chi connectivity index (χ4v) is 2.17. The van der Waals surface area contributed by atoms with Crippen molar-refractivity contribution in [1.29, 1.82) is 0 Å². The van der Waals surface area contributed by atoms with E-state index in [9.17, 15) is 18.4 Å². The van der Waals surface area contributed by atoms with Crippen LogP contribution in [0.25, 0.3) is 10.8 Å². The highest BCUT2D eigenvalue weighted by molar-refractivity contribution is 7.80. The van der Waals surface area contributed by atoms with Crippen LogP contribution >= 0.6 is 12.6 Å². The molecule has 4 nitrogen and oxygen atoms in total. The number of hydrogen-bond acceptors (Lipinski definition) is 3. The molecule has 0 unspecified atom stereocenters. The number of hydrogen-bond donors (Lipinski definition) is 3. The Kier molecular flexibility index (Phi) is 4.42. The number of nitrogens with one attached hydrogen (secondary N) is 1. The molecule has 21 heavy (non-hydrogen) atoms. The van der Waals surface area contributed by atoms with E-state index < -0.39 is 35.1 Å². The number of rotatable bonds is 4.